The first-order valence-corrected chi connectivity index (χ1v) is 8.14. The molecule has 0 aliphatic heterocycles. The predicted octanol–water partition coefficient (Wildman–Crippen LogP) is 2.70. The molecule has 0 bridgehead atoms. The monoisotopic (exact) mass is 299 g/mol. The van der Waals surface area contributed by atoms with Crippen molar-refractivity contribution in [1.29, 1.82) is 0 Å². The highest BCUT2D eigenvalue weighted by atomic mass is 32.1. The largest absolute Gasteiger partial charge is 0.322 e. The number of nitrogens with zero attached hydrogens (tertiary/aromatic N) is 4. The van der Waals surface area contributed by atoms with Crippen LogP contribution in [-0.4, -0.2) is 19.8 Å². The maximum absolute atomic E-state index is 6.31. The predicted molar refractivity (Wildman–Crippen MR) is 82.3 cm³/mol. The molecule has 6 heteroatoms. The van der Waals surface area contributed by atoms with Gasteiger partial charge in [0.1, 0.15) is 5.01 Å². The molecular weight excluding hydrogens is 282 g/mol. The highest BCUT2D eigenvalue weighted by molar-refractivity contribution is 7.16. The second-order valence-corrected chi connectivity index (χ2v) is 6.60. The number of benzene rings is 1. The SMILES string of the molecule is NC(Cc1ccccc1)c1nn2c(C3CCC3)nnc2s1. The van der Waals surface area contributed by atoms with Gasteiger partial charge in [0.05, 0.1) is 6.04 Å². The Morgan fingerprint density at radius 1 is 1.24 bits per heavy atom. The van der Waals surface area contributed by atoms with Crippen LogP contribution in [0, 0.1) is 0 Å². The Morgan fingerprint density at radius 2 is 2.05 bits per heavy atom. The Hall–Kier alpha value is -1.79. The lowest BCUT2D eigenvalue weighted by atomic mass is 9.85. The second kappa shape index (κ2) is 5.20. The van der Waals surface area contributed by atoms with Gasteiger partial charge in [-0.15, -0.1) is 10.2 Å². The quantitative estimate of drug-likeness (QED) is 0.804. The van der Waals surface area contributed by atoms with Crippen molar-refractivity contribution in [2.75, 3.05) is 0 Å². The van der Waals surface area contributed by atoms with E-state index >= 15 is 0 Å². The zero-order valence-corrected chi connectivity index (χ0v) is 12.5. The fourth-order valence-corrected chi connectivity index (χ4v) is 3.52. The Kier molecular flexibility index (Phi) is 3.20. The van der Waals surface area contributed by atoms with Crippen LogP contribution in [0.15, 0.2) is 30.3 Å². The van der Waals surface area contributed by atoms with Crippen molar-refractivity contribution in [3.8, 4) is 0 Å². The van der Waals surface area contributed by atoms with Crippen molar-refractivity contribution in [1.82, 2.24) is 19.8 Å². The van der Waals surface area contributed by atoms with Crippen LogP contribution < -0.4 is 5.73 Å². The van der Waals surface area contributed by atoms with Crippen molar-refractivity contribution in [2.45, 2.75) is 37.6 Å². The van der Waals surface area contributed by atoms with E-state index in [1.54, 1.807) is 11.3 Å². The van der Waals surface area contributed by atoms with Crippen LogP contribution >= 0.6 is 11.3 Å². The Morgan fingerprint density at radius 3 is 2.76 bits per heavy atom. The first-order valence-electron chi connectivity index (χ1n) is 7.33. The average Bonchev–Trinajstić information content (AvgIpc) is 3.00. The van der Waals surface area contributed by atoms with E-state index < -0.39 is 0 Å². The van der Waals surface area contributed by atoms with Crippen LogP contribution in [-0.2, 0) is 6.42 Å². The molecule has 5 nitrogen and oxygen atoms in total. The third-order valence-corrected chi connectivity index (χ3v) is 5.15. The summed E-state index contributed by atoms with van der Waals surface area (Å²) >= 11 is 1.55. The van der Waals surface area contributed by atoms with Gasteiger partial charge in [0, 0.05) is 5.92 Å². The van der Waals surface area contributed by atoms with Crippen LogP contribution in [0.5, 0.6) is 0 Å². The molecule has 3 aromatic rings. The van der Waals surface area contributed by atoms with Crippen molar-refractivity contribution in [2.24, 2.45) is 5.73 Å². The molecule has 1 aromatic carbocycles. The molecule has 2 heterocycles. The maximum Gasteiger partial charge on any atom is 0.234 e. The van der Waals surface area contributed by atoms with E-state index in [-0.39, 0.29) is 6.04 Å². The second-order valence-electron chi connectivity index (χ2n) is 5.62. The zero-order chi connectivity index (χ0) is 14.2. The minimum absolute atomic E-state index is 0.0895. The van der Waals surface area contributed by atoms with Crippen LogP contribution in [0.2, 0.25) is 0 Å². The topological polar surface area (TPSA) is 69.1 Å². The average molecular weight is 299 g/mol. The van der Waals surface area contributed by atoms with E-state index in [1.165, 1.54) is 24.8 Å². The Balaban J connectivity index is 1.59. The first kappa shape index (κ1) is 12.9. The van der Waals surface area contributed by atoms with Gasteiger partial charge in [-0.25, -0.2) is 0 Å². The lowest BCUT2D eigenvalue weighted by molar-refractivity contribution is 0.394. The minimum Gasteiger partial charge on any atom is -0.322 e. The van der Waals surface area contributed by atoms with E-state index in [2.05, 4.69) is 27.4 Å². The molecule has 2 N–H and O–H groups in total. The van der Waals surface area contributed by atoms with Gasteiger partial charge in [-0.3, -0.25) is 0 Å². The molecule has 1 aliphatic carbocycles. The van der Waals surface area contributed by atoms with Gasteiger partial charge in [0.2, 0.25) is 4.96 Å². The molecule has 108 valence electrons. The number of rotatable bonds is 4. The lowest BCUT2D eigenvalue weighted by Crippen LogP contribution is -2.15. The lowest BCUT2D eigenvalue weighted by Gasteiger charge is -2.22. The third-order valence-electron chi connectivity index (χ3n) is 4.12. The third kappa shape index (κ3) is 2.34. The summed E-state index contributed by atoms with van der Waals surface area (Å²) in [7, 11) is 0. The highest BCUT2D eigenvalue weighted by Crippen LogP contribution is 2.36. The molecule has 1 fully saturated rings. The Bertz CT molecular complexity index is 744. The molecule has 4 rings (SSSR count). The van der Waals surface area contributed by atoms with Crippen LogP contribution in [0.3, 0.4) is 0 Å². The number of hydrogen-bond donors (Lipinski definition) is 1. The molecule has 1 aliphatic rings. The van der Waals surface area contributed by atoms with Crippen LogP contribution in [0.25, 0.3) is 4.96 Å². The number of aromatic nitrogens is 4. The smallest absolute Gasteiger partial charge is 0.234 e. The molecule has 2 aromatic heterocycles. The maximum atomic E-state index is 6.31. The molecule has 1 saturated carbocycles. The van der Waals surface area contributed by atoms with Gasteiger partial charge < -0.3 is 5.73 Å². The summed E-state index contributed by atoms with van der Waals surface area (Å²) in [6.07, 6.45) is 4.47. The molecular formula is C15H17N5S. The van der Waals surface area contributed by atoms with E-state index in [4.69, 9.17) is 5.73 Å². The van der Waals surface area contributed by atoms with E-state index in [0.29, 0.717) is 5.92 Å². The minimum atomic E-state index is -0.0895. The van der Waals surface area contributed by atoms with Crippen LogP contribution in [0.4, 0.5) is 0 Å². The van der Waals surface area contributed by atoms with Gasteiger partial charge >= 0.3 is 0 Å². The van der Waals surface area contributed by atoms with E-state index in [9.17, 15) is 0 Å². The standard InChI is InChI=1S/C15H17N5S/c16-12(9-10-5-2-1-3-6-10)14-19-20-13(11-7-4-8-11)17-18-15(20)21-14/h1-3,5-6,11-12H,4,7-9,16H2. The molecule has 0 radical (unpaired) electrons. The summed E-state index contributed by atoms with van der Waals surface area (Å²) in [6, 6.07) is 10.2. The number of hydrogen-bond acceptors (Lipinski definition) is 5. The molecule has 0 amide bonds. The highest BCUT2D eigenvalue weighted by Gasteiger charge is 2.26. The van der Waals surface area contributed by atoms with Crippen molar-refractivity contribution in [3.63, 3.8) is 0 Å². The van der Waals surface area contributed by atoms with Crippen molar-refractivity contribution < 1.29 is 0 Å². The zero-order valence-electron chi connectivity index (χ0n) is 11.6. The number of nitrogens with two attached hydrogens (primary N) is 1. The summed E-state index contributed by atoms with van der Waals surface area (Å²) < 4.78 is 1.90. The molecule has 21 heavy (non-hydrogen) atoms. The van der Waals surface area contributed by atoms with Crippen molar-refractivity contribution in [3.05, 3.63) is 46.7 Å². The number of fused-ring (bicyclic) bond motifs is 1. The summed E-state index contributed by atoms with van der Waals surface area (Å²) in [6.45, 7) is 0. The summed E-state index contributed by atoms with van der Waals surface area (Å²) in [5.41, 5.74) is 7.54. The summed E-state index contributed by atoms with van der Waals surface area (Å²) in [5, 5.41) is 14.1. The fraction of sp³-hybridized carbons (Fsp3) is 0.400. The van der Waals surface area contributed by atoms with Gasteiger partial charge in [-0.05, 0) is 24.8 Å². The van der Waals surface area contributed by atoms with Gasteiger partial charge in [-0.2, -0.15) is 9.61 Å². The fourth-order valence-electron chi connectivity index (χ4n) is 2.67. The van der Waals surface area contributed by atoms with Gasteiger partial charge in [0.25, 0.3) is 0 Å². The normalized spacial score (nSPS) is 17.0. The first-order chi connectivity index (χ1) is 10.3. The van der Waals surface area contributed by atoms with Crippen LogP contribution in [0.1, 0.15) is 47.6 Å². The van der Waals surface area contributed by atoms with Gasteiger partial charge in [0.15, 0.2) is 5.82 Å². The van der Waals surface area contributed by atoms with Gasteiger partial charge in [-0.1, -0.05) is 48.1 Å². The van der Waals surface area contributed by atoms with E-state index in [0.717, 1.165) is 22.2 Å². The summed E-state index contributed by atoms with van der Waals surface area (Å²) in [4.78, 5) is 0.857. The van der Waals surface area contributed by atoms with E-state index in [1.807, 2.05) is 22.7 Å². The summed E-state index contributed by atoms with van der Waals surface area (Å²) in [5.74, 6) is 1.53. The molecule has 0 spiro atoms. The molecule has 0 saturated heterocycles. The Labute approximate surface area is 126 Å². The molecule has 1 atom stereocenters. The van der Waals surface area contributed by atoms with Crippen molar-refractivity contribution >= 4 is 16.3 Å². The molecule has 1 unspecified atom stereocenters.